The van der Waals surface area contributed by atoms with Crippen LogP contribution < -0.4 is 15.8 Å². The summed E-state index contributed by atoms with van der Waals surface area (Å²) in [7, 11) is 0. The predicted molar refractivity (Wildman–Crippen MR) is 112 cm³/mol. The third-order valence-corrected chi connectivity index (χ3v) is 3.93. The van der Waals surface area contributed by atoms with Gasteiger partial charge in [0.1, 0.15) is 11.5 Å². The molecule has 0 aliphatic carbocycles. The van der Waals surface area contributed by atoms with Crippen molar-refractivity contribution < 1.29 is 4.74 Å². The number of thiophene rings is 1. The summed E-state index contributed by atoms with van der Waals surface area (Å²) in [4.78, 5) is 5.51. The number of para-hydroxylation sites is 1. The van der Waals surface area contributed by atoms with Gasteiger partial charge in [0.15, 0.2) is 5.96 Å². The number of nitrogens with two attached hydrogens (primary N) is 1. The number of rotatable bonds is 5. The lowest BCUT2D eigenvalue weighted by molar-refractivity contribution is 0.483. The quantitative estimate of drug-likeness (QED) is 0.323. The third kappa shape index (κ3) is 5.54. The van der Waals surface area contributed by atoms with Crippen molar-refractivity contribution in [2.75, 3.05) is 5.32 Å². The maximum absolute atomic E-state index is 5.93. The molecular weight excluding hydrogens is 433 g/mol. The van der Waals surface area contributed by atoms with Crippen molar-refractivity contribution in [3.63, 3.8) is 0 Å². The lowest BCUT2D eigenvalue weighted by atomic mass is 10.3. The maximum atomic E-state index is 5.93. The van der Waals surface area contributed by atoms with Gasteiger partial charge in [-0.25, -0.2) is 4.99 Å². The number of halogens is 1. The molecule has 3 rings (SSSR count). The minimum atomic E-state index is 0. The number of nitrogens with zero attached hydrogens (tertiary/aromatic N) is 1. The van der Waals surface area contributed by atoms with Crippen molar-refractivity contribution >= 4 is 47.0 Å². The summed E-state index contributed by atoms with van der Waals surface area (Å²) in [5.41, 5.74) is 6.77. The number of hydrogen-bond acceptors (Lipinski definition) is 3. The van der Waals surface area contributed by atoms with E-state index in [1.54, 1.807) is 11.3 Å². The van der Waals surface area contributed by atoms with Gasteiger partial charge in [0.05, 0.1) is 6.54 Å². The van der Waals surface area contributed by atoms with Gasteiger partial charge in [0.2, 0.25) is 0 Å². The van der Waals surface area contributed by atoms with Crippen LogP contribution >= 0.6 is 35.3 Å². The number of benzene rings is 2. The fourth-order valence-corrected chi connectivity index (χ4v) is 2.64. The Morgan fingerprint density at radius 1 is 1.00 bits per heavy atom. The molecule has 0 spiro atoms. The molecule has 3 N–H and O–H groups in total. The summed E-state index contributed by atoms with van der Waals surface area (Å²) >= 11 is 1.66. The van der Waals surface area contributed by atoms with Crippen LogP contribution in [0.3, 0.4) is 0 Å². The predicted octanol–water partition coefficient (Wildman–Crippen LogP) is 5.09. The van der Waals surface area contributed by atoms with Gasteiger partial charge in [-0.05, 0) is 35.7 Å². The summed E-state index contributed by atoms with van der Waals surface area (Å²) in [6.45, 7) is 0.580. The van der Waals surface area contributed by atoms with Crippen LogP contribution in [0.2, 0.25) is 0 Å². The van der Waals surface area contributed by atoms with Crippen LogP contribution in [0.4, 0.5) is 5.69 Å². The van der Waals surface area contributed by atoms with Crippen molar-refractivity contribution in [3.05, 3.63) is 77.0 Å². The fourth-order valence-electron chi connectivity index (χ4n) is 2.02. The highest BCUT2D eigenvalue weighted by Gasteiger charge is 2.00. The summed E-state index contributed by atoms with van der Waals surface area (Å²) in [6, 6.07) is 21.3. The van der Waals surface area contributed by atoms with Crippen molar-refractivity contribution in [3.8, 4) is 11.5 Å². The molecule has 0 aliphatic rings. The van der Waals surface area contributed by atoms with Crippen molar-refractivity contribution in [1.29, 1.82) is 0 Å². The monoisotopic (exact) mass is 451 g/mol. The first kappa shape index (κ1) is 18.3. The van der Waals surface area contributed by atoms with Gasteiger partial charge in [-0.3, -0.25) is 0 Å². The van der Waals surface area contributed by atoms with Crippen LogP contribution in [0.1, 0.15) is 4.88 Å². The number of hydrogen-bond donors (Lipinski definition) is 2. The molecule has 2 aromatic carbocycles. The van der Waals surface area contributed by atoms with E-state index in [0.717, 1.165) is 17.2 Å². The zero-order valence-corrected chi connectivity index (χ0v) is 16.0. The van der Waals surface area contributed by atoms with Crippen molar-refractivity contribution in [2.45, 2.75) is 6.54 Å². The molecule has 4 nitrogen and oxygen atoms in total. The average molecular weight is 451 g/mol. The van der Waals surface area contributed by atoms with Gasteiger partial charge in [0.25, 0.3) is 0 Å². The van der Waals surface area contributed by atoms with Crippen LogP contribution in [0, 0.1) is 0 Å². The molecule has 0 bridgehead atoms. The van der Waals surface area contributed by atoms with E-state index in [1.807, 2.05) is 72.1 Å². The van der Waals surface area contributed by atoms with E-state index >= 15 is 0 Å². The lowest BCUT2D eigenvalue weighted by Gasteiger charge is -2.09. The fraction of sp³-hybridized carbons (Fsp3) is 0.0556. The Morgan fingerprint density at radius 2 is 1.79 bits per heavy atom. The van der Waals surface area contributed by atoms with E-state index < -0.39 is 0 Å². The molecule has 0 saturated carbocycles. The van der Waals surface area contributed by atoms with Crippen LogP contribution in [0.5, 0.6) is 11.5 Å². The van der Waals surface area contributed by atoms with Crippen LogP contribution in [-0.4, -0.2) is 5.96 Å². The normalized spacial score (nSPS) is 10.8. The van der Waals surface area contributed by atoms with Crippen LogP contribution in [-0.2, 0) is 6.54 Å². The number of nitrogens with one attached hydrogen (secondary N) is 1. The second-order valence-electron chi connectivity index (χ2n) is 4.85. The summed E-state index contributed by atoms with van der Waals surface area (Å²) in [5, 5.41) is 5.11. The summed E-state index contributed by atoms with van der Waals surface area (Å²) < 4.78 is 5.80. The number of guanidine groups is 1. The highest BCUT2D eigenvalue weighted by atomic mass is 127. The van der Waals surface area contributed by atoms with E-state index in [9.17, 15) is 0 Å². The molecule has 0 fully saturated rings. The number of aliphatic imine (C=N–C) groups is 1. The zero-order chi connectivity index (χ0) is 15.9. The van der Waals surface area contributed by atoms with Gasteiger partial charge < -0.3 is 15.8 Å². The Kier molecular flexibility index (Phi) is 7.07. The zero-order valence-electron chi connectivity index (χ0n) is 12.9. The minimum absolute atomic E-state index is 0. The van der Waals surface area contributed by atoms with Crippen molar-refractivity contribution in [1.82, 2.24) is 0 Å². The Morgan fingerprint density at radius 3 is 2.54 bits per heavy atom. The molecule has 0 saturated heterocycles. The van der Waals surface area contributed by atoms with Crippen LogP contribution in [0.25, 0.3) is 0 Å². The molecular formula is C18H18IN3OS. The number of anilines is 1. The first-order valence-corrected chi connectivity index (χ1v) is 8.10. The van der Waals surface area contributed by atoms with Gasteiger partial charge >= 0.3 is 0 Å². The molecule has 6 heteroatoms. The van der Waals surface area contributed by atoms with Gasteiger partial charge in [-0.1, -0.05) is 30.3 Å². The van der Waals surface area contributed by atoms with E-state index in [2.05, 4.69) is 10.3 Å². The Bertz CT molecular complexity index is 776. The molecule has 3 aromatic rings. The molecule has 1 aromatic heterocycles. The second kappa shape index (κ2) is 9.29. The largest absolute Gasteiger partial charge is 0.457 e. The van der Waals surface area contributed by atoms with E-state index in [1.165, 1.54) is 4.88 Å². The molecule has 0 unspecified atom stereocenters. The van der Waals surface area contributed by atoms with Gasteiger partial charge in [-0.15, -0.1) is 35.3 Å². The molecule has 1 heterocycles. The standard InChI is InChI=1S/C18H17N3OS.HI/c19-18(20-13-17-10-5-11-23-17)21-14-6-4-9-16(12-14)22-15-7-2-1-3-8-15;/h1-12H,13H2,(H3,19,20,21);1H. The van der Waals surface area contributed by atoms with E-state index in [-0.39, 0.29) is 24.0 Å². The average Bonchev–Trinajstić information content (AvgIpc) is 3.08. The van der Waals surface area contributed by atoms with Gasteiger partial charge in [0, 0.05) is 16.6 Å². The first-order chi connectivity index (χ1) is 11.3. The summed E-state index contributed by atoms with van der Waals surface area (Å²) in [6.07, 6.45) is 0. The Labute approximate surface area is 162 Å². The smallest absolute Gasteiger partial charge is 0.193 e. The molecule has 124 valence electrons. The third-order valence-electron chi connectivity index (χ3n) is 3.07. The number of ether oxygens (including phenoxy) is 1. The second-order valence-corrected chi connectivity index (χ2v) is 5.88. The summed E-state index contributed by atoms with van der Waals surface area (Å²) in [5.74, 6) is 1.92. The Hall–Kier alpha value is -2.06. The molecule has 24 heavy (non-hydrogen) atoms. The maximum Gasteiger partial charge on any atom is 0.193 e. The Balaban J connectivity index is 0.00000208. The van der Waals surface area contributed by atoms with Crippen molar-refractivity contribution in [2.24, 2.45) is 10.7 Å². The molecule has 0 amide bonds. The molecule has 0 radical (unpaired) electrons. The highest BCUT2D eigenvalue weighted by molar-refractivity contribution is 14.0. The SMILES string of the molecule is I.NC(=NCc1cccs1)Nc1cccc(Oc2ccccc2)c1. The van der Waals surface area contributed by atoms with E-state index in [0.29, 0.717) is 12.5 Å². The first-order valence-electron chi connectivity index (χ1n) is 7.22. The minimum Gasteiger partial charge on any atom is -0.457 e. The lowest BCUT2D eigenvalue weighted by Crippen LogP contribution is -2.22. The molecule has 0 aliphatic heterocycles. The van der Waals surface area contributed by atoms with E-state index in [4.69, 9.17) is 10.5 Å². The van der Waals surface area contributed by atoms with Gasteiger partial charge in [-0.2, -0.15) is 0 Å². The topological polar surface area (TPSA) is 59.6 Å². The molecule has 0 atom stereocenters. The van der Waals surface area contributed by atoms with Crippen LogP contribution in [0.15, 0.2) is 77.1 Å². The highest BCUT2D eigenvalue weighted by Crippen LogP contribution is 2.23.